The van der Waals surface area contributed by atoms with E-state index in [1.54, 1.807) is 49.6 Å². The van der Waals surface area contributed by atoms with E-state index in [1.165, 1.54) is 12.0 Å². The summed E-state index contributed by atoms with van der Waals surface area (Å²) in [6.45, 7) is 6.05. The lowest BCUT2D eigenvalue weighted by Crippen LogP contribution is -2.29. The lowest BCUT2D eigenvalue weighted by Gasteiger charge is -2.26. The third-order valence-corrected chi connectivity index (χ3v) is 6.22. The van der Waals surface area contributed by atoms with E-state index in [2.05, 4.69) is 0 Å². The number of ether oxygens (including phenoxy) is 3. The van der Waals surface area contributed by atoms with Crippen molar-refractivity contribution in [1.29, 1.82) is 0 Å². The number of carbonyl (C=O) groups excluding carboxylic acids is 2. The molecule has 1 N–H and O–H groups in total. The number of benzene rings is 3. The van der Waals surface area contributed by atoms with Crippen LogP contribution in [0.4, 0.5) is 5.69 Å². The van der Waals surface area contributed by atoms with Crippen LogP contribution in [0.1, 0.15) is 35.2 Å². The van der Waals surface area contributed by atoms with Crippen molar-refractivity contribution in [3.8, 4) is 17.2 Å². The number of rotatable bonds is 7. The average Bonchev–Trinajstić information content (AvgIpc) is 3.14. The van der Waals surface area contributed by atoms with Crippen LogP contribution in [0.5, 0.6) is 17.2 Å². The van der Waals surface area contributed by atoms with Crippen molar-refractivity contribution >= 4 is 23.1 Å². The highest BCUT2D eigenvalue weighted by molar-refractivity contribution is 6.51. The molecule has 1 fully saturated rings. The minimum absolute atomic E-state index is 0.000913. The fourth-order valence-electron chi connectivity index (χ4n) is 4.49. The highest BCUT2D eigenvalue weighted by atomic mass is 16.5. The highest BCUT2D eigenvalue weighted by Crippen LogP contribution is 2.44. The first-order valence-electron chi connectivity index (χ1n) is 11.6. The summed E-state index contributed by atoms with van der Waals surface area (Å²) in [5, 5.41) is 11.5. The molecule has 4 rings (SSSR count). The maximum Gasteiger partial charge on any atom is 0.300 e. The zero-order valence-corrected chi connectivity index (χ0v) is 21.0. The van der Waals surface area contributed by atoms with E-state index in [0.29, 0.717) is 46.2 Å². The van der Waals surface area contributed by atoms with Gasteiger partial charge in [-0.05, 0) is 79.9 Å². The summed E-state index contributed by atoms with van der Waals surface area (Å²) in [6.07, 6.45) is 0. The fraction of sp³-hybridized carbons (Fsp3) is 0.241. The van der Waals surface area contributed by atoms with Gasteiger partial charge in [0.25, 0.3) is 11.7 Å². The lowest BCUT2D eigenvalue weighted by atomic mass is 9.93. The zero-order valence-electron chi connectivity index (χ0n) is 21.0. The van der Waals surface area contributed by atoms with Crippen molar-refractivity contribution in [2.24, 2.45) is 0 Å². The highest BCUT2D eigenvalue weighted by Gasteiger charge is 2.47. The minimum atomic E-state index is -0.877. The molecule has 1 aliphatic rings. The van der Waals surface area contributed by atoms with Crippen LogP contribution < -0.4 is 19.1 Å². The number of aliphatic hydroxyl groups is 1. The molecular formula is C29H29NO6. The number of hydrogen-bond acceptors (Lipinski definition) is 6. The van der Waals surface area contributed by atoms with Gasteiger partial charge in [0.05, 0.1) is 32.4 Å². The Morgan fingerprint density at radius 1 is 0.944 bits per heavy atom. The van der Waals surface area contributed by atoms with Crippen LogP contribution in [0.2, 0.25) is 0 Å². The van der Waals surface area contributed by atoms with Gasteiger partial charge in [-0.25, -0.2) is 0 Å². The van der Waals surface area contributed by atoms with Crippen molar-refractivity contribution in [1.82, 2.24) is 0 Å². The van der Waals surface area contributed by atoms with Gasteiger partial charge in [-0.3, -0.25) is 14.5 Å². The number of amides is 1. The normalized spacial score (nSPS) is 16.8. The summed E-state index contributed by atoms with van der Waals surface area (Å²) < 4.78 is 16.5. The van der Waals surface area contributed by atoms with E-state index in [0.717, 1.165) is 5.56 Å². The zero-order chi connectivity index (χ0) is 26.0. The molecule has 1 heterocycles. The third-order valence-electron chi connectivity index (χ3n) is 6.22. The van der Waals surface area contributed by atoms with Crippen LogP contribution in [0, 0.1) is 13.8 Å². The molecule has 3 aromatic carbocycles. The monoisotopic (exact) mass is 487 g/mol. The summed E-state index contributed by atoms with van der Waals surface area (Å²) in [5.74, 6) is -0.0983. The first kappa shape index (κ1) is 24.9. The summed E-state index contributed by atoms with van der Waals surface area (Å²) in [7, 11) is 3.08. The van der Waals surface area contributed by atoms with Gasteiger partial charge in [0.2, 0.25) is 0 Å². The number of methoxy groups -OCH3 is 2. The molecule has 1 saturated heterocycles. The van der Waals surface area contributed by atoms with E-state index >= 15 is 0 Å². The number of aryl methyl sites for hydroxylation is 2. The van der Waals surface area contributed by atoms with E-state index in [9.17, 15) is 14.7 Å². The molecule has 36 heavy (non-hydrogen) atoms. The molecule has 0 aromatic heterocycles. The van der Waals surface area contributed by atoms with Gasteiger partial charge in [-0.15, -0.1) is 0 Å². The Balaban J connectivity index is 1.97. The summed E-state index contributed by atoms with van der Waals surface area (Å²) in [5.41, 5.74) is 3.24. The van der Waals surface area contributed by atoms with Crippen molar-refractivity contribution in [2.45, 2.75) is 26.8 Å². The second kappa shape index (κ2) is 10.2. The molecule has 0 aliphatic carbocycles. The summed E-state index contributed by atoms with van der Waals surface area (Å²) >= 11 is 0. The summed E-state index contributed by atoms with van der Waals surface area (Å²) in [6, 6.07) is 16.9. The topological polar surface area (TPSA) is 85.3 Å². The quantitative estimate of drug-likeness (QED) is 0.275. The first-order valence-corrected chi connectivity index (χ1v) is 11.6. The van der Waals surface area contributed by atoms with Crippen molar-refractivity contribution in [2.75, 3.05) is 25.7 Å². The number of anilines is 1. The van der Waals surface area contributed by atoms with E-state index in [1.807, 2.05) is 39.0 Å². The Hall–Kier alpha value is -4.26. The Bertz CT molecular complexity index is 1360. The fourth-order valence-corrected chi connectivity index (χ4v) is 4.49. The largest absolute Gasteiger partial charge is 0.507 e. The van der Waals surface area contributed by atoms with E-state index in [-0.39, 0.29) is 11.3 Å². The third kappa shape index (κ3) is 4.40. The van der Waals surface area contributed by atoms with Crippen LogP contribution in [0.25, 0.3) is 5.76 Å². The number of aliphatic hydroxyl groups excluding tert-OH is 1. The lowest BCUT2D eigenvalue weighted by molar-refractivity contribution is -0.132. The summed E-state index contributed by atoms with van der Waals surface area (Å²) in [4.78, 5) is 28.3. The van der Waals surface area contributed by atoms with Crippen LogP contribution >= 0.6 is 0 Å². The smallest absolute Gasteiger partial charge is 0.300 e. The Labute approximate surface area is 210 Å². The van der Waals surface area contributed by atoms with Gasteiger partial charge < -0.3 is 19.3 Å². The molecule has 0 radical (unpaired) electrons. The SMILES string of the molecule is CCOc1ccc(C2/C(=C(\O)c3ccc(OC)cc3C)C(=O)C(=O)N2c2cccc(C)c2)cc1OC. The van der Waals surface area contributed by atoms with Gasteiger partial charge >= 0.3 is 0 Å². The number of Topliss-reactive ketones (excluding diaryl/α,β-unsaturated/α-hetero) is 1. The van der Waals surface area contributed by atoms with Gasteiger partial charge in [0.15, 0.2) is 11.5 Å². The molecule has 1 amide bonds. The van der Waals surface area contributed by atoms with Gasteiger partial charge in [-0.1, -0.05) is 18.2 Å². The molecule has 0 spiro atoms. The number of carbonyl (C=O) groups is 2. The standard InChI is InChI=1S/C29H29NO6/c1-6-36-23-13-10-19(16-24(23)35-5)26-25(27(31)22-12-11-21(34-4)15-18(22)3)28(32)29(33)30(26)20-9-7-8-17(2)14-20/h7-16,26,31H,6H2,1-5H3/b27-25+. The molecule has 3 aromatic rings. The van der Waals surface area contributed by atoms with E-state index < -0.39 is 17.7 Å². The second-order valence-corrected chi connectivity index (χ2v) is 8.53. The number of hydrogen-bond donors (Lipinski definition) is 1. The Kier molecular flexibility index (Phi) is 7.01. The Morgan fingerprint density at radius 2 is 1.72 bits per heavy atom. The molecular weight excluding hydrogens is 458 g/mol. The predicted molar refractivity (Wildman–Crippen MR) is 138 cm³/mol. The molecule has 1 atom stereocenters. The molecule has 7 nitrogen and oxygen atoms in total. The van der Waals surface area contributed by atoms with Crippen molar-refractivity contribution < 1.29 is 28.9 Å². The maximum atomic E-state index is 13.4. The van der Waals surface area contributed by atoms with Gasteiger partial charge in [0, 0.05) is 11.3 Å². The van der Waals surface area contributed by atoms with Gasteiger partial charge in [0.1, 0.15) is 11.5 Å². The maximum absolute atomic E-state index is 13.4. The van der Waals surface area contributed by atoms with Crippen molar-refractivity contribution in [3.63, 3.8) is 0 Å². The molecule has 0 saturated carbocycles. The van der Waals surface area contributed by atoms with Crippen LogP contribution in [0.15, 0.2) is 66.2 Å². The van der Waals surface area contributed by atoms with E-state index in [4.69, 9.17) is 14.2 Å². The second-order valence-electron chi connectivity index (χ2n) is 8.53. The Morgan fingerprint density at radius 3 is 2.36 bits per heavy atom. The number of ketones is 1. The number of nitrogens with zero attached hydrogens (tertiary/aromatic N) is 1. The van der Waals surface area contributed by atoms with Crippen LogP contribution in [-0.4, -0.2) is 37.6 Å². The van der Waals surface area contributed by atoms with Crippen LogP contribution in [0.3, 0.4) is 0 Å². The molecule has 186 valence electrons. The molecule has 1 aliphatic heterocycles. The molecule has 0 bridgehead atoms. The minimum Gasteiger partial charge on any atom is -0.507 e. The first-order chi connectivity index (χ1) is 17.3. The van der Waals surface area contributed by atoms with Gasteiger partial charge in [-0.2, -0.15) is 0 Å². The molecule has 7 heteroatoms. The average molecular weight is 488 g/mol. The van der Waals surface area contributed by atoms with Crippen LogP contribution in [-0.2, 0) is 9.59 Å². The predicted octanol–water partition coefficient (Wildman–Crippen LogP) is 5.35. The van der Waals surface area contributed by atoms with Crippen molar-refractivity contribution in [3.05, 3.63) is 88.5 Å². The molecule has 1 unspecified atom stereocenters.